The molecule has 0 heterocycles. The summed E-state index contributed by atoms with van der Waals surface area (Å²) in [6.45, 7) is 5.77. The van der Waals surface area contributed by atoms with Crippen molar-refractivity contribution in [2.45, 2.75) is 30.4 Å². The SMILES string of the molecule is COC(=O)C(C)(C)Sc1cccc(C)c1. The molecule has 82 valence electrons. The van der Waals surface area contributed by atoms with Crippen molar-refractivity contribution < 1.29 is 9.53 Å². The monoisotopic (exact) mass is 224 g/mol. The molecule has 0 bridgehead atoms. The second kappa shape index (κ2) is 4.71. The Hall–Kier alpha value is -0.960. The van der Waals surface area contributed by atoms with E-state index in [1.165, 1.54) is 24.4 Å². The van der Waals surface area contributed by atoms with E-state index >= 15 is 0 Å². The molecule has 0 aliphatic heterocycles. The number of rotatable bonds is 3. The van der Waals surface area contributed by atoms with Gasteiger partial charge < -0.3 is 4.74 Å². The van der Waals surface area contributed by atoms with Crippen LogP contribution >= 0.6 is 11.8 Å². The second-order valence-electron chi connectivity index (χ2n) is 3.92. The van der Waals surface area contributed by atoms with Gasteiger partial charge in [0.15, 0.2) is 0 Å². The Kier molecular flexibility index (Phi) is 3.80. The number of esters is 1. The van der Waals surface area contributed by atoms with E-state index < -0.39 is 4.75 Å². The van der Waals surface area contributed by atoms with E-state index in [1.54, 1.807) is 0 Å². The fraction of sp³-hybridized carbons (Fsp3) is 0.417. The van der Waals surface area contributed by atoms with Crippen LogP contribution in [0.2, 0.25) is 0 Å². The molecule has 1 aromatic carbocycles. The van der Waals surface area contributed by atoms with Crippen molar-refractivity contribution in [2.24, 2.45) is 0 Å². The molecular weight excluding hydrogens is 208 g/mol. The highest BCUT2D eigenvalue weighted by Crippen LogP contribution is 2.33. The summed E-state index contributed by atoms with van der Waals surface area (Å²) in [6, 6.07) is 8.10. The number of carbonyl (C=O) groups is 1. The van der Waals surface area contributed by atoms with Gasteiger partial charge in [0.25, 0.3) is 0 Å². The molecule has 0 spiro atoms. The molecule has 0 radical (unpaired) electrons. The Balaban J connectivity index is 2.81. The smallest absolute Gasteiger partial charge is 0.321 e. The predicted octanol–water partition coefficient (Wildman–Crippen LogP) is 3.04. The Morgan fingerprint density at radius 3 is 2.60 bits per heavy atom. The van der Waals surface area contributed by atoms with Crippen molar-refractivity contribution in [3.63, 3.8) is 0 Å². The van der Waals surface area contributed by atoms with Crippen LogP contribution in [0.4, 0.5) is 0 Å². The molecule has 0 atom stereocenters. The van der Waals surface area contributed by atoms with Crippen LogP contribution in [0.5, 0.6) is 0 Å². The standard InChI is InChI=1S/C12H16O2S/c1-9-6-5-7-10(8-9)15-12(2,3)11(13)14-4/h5-8H,1-4H3. The van der Waals surface area contributed by atoms with Crippen molar-refractivity contribution in [3.8, 4) is 0 Å². The van der Waals surface area contributed by atoms with Crippen molar-refractivity contribution in [3.05, 3.63) is 29.8 Å². The van der Waals surface area contributed by atoms with Crippen molar-refractivity contribution in [1.29, 1.82) is 0 Å². The third-order valence-corrected chi connectivity index (χ3v) is 3.21. The topological polar surface area (TPSA) is 26.3 Å². The number of aryl methyl sites for hydroxylation is 1. The van der Waals surface area contributed by atoms with Gasteiger partial charge in [0.1, 0.15) is 4.75 Å². The maximum absolute atomic E-state index is 11.5. The predicted molar refractivity (Wildman–Crippen MR) is 63.1 cm³/mol. The molecule has 15 heavy (non-hydrogen) atoms. The van der Waals surface area contributed by atoms with E-state index in [-0.39, 0.29) is 5.97 Å². The van der Waals surface area contributed by atoms with Gasteiger partial charge in [-0.1, -0.05) is 17.7 Å². The maximum Gasteiger partial charge on any atom is 0.321 e. The summed E-state index contributed by atoms with van der Waals surface area (Å²) < 4.78 is 4.22. The Morgan fingerprint density at radius 1 is 1.40 bits per heavy atom. The number of hydrogen-bond donors (Lipinski definition) is 0. The van der Waals surface area contributed by atoms with Gasteiger partial charge in [-0.3, -0.25) is 4.79 Å². The van der Waals surface area contributed by atoms with E-state index in [4.69, 9.17) is 4.74 Å². The lowest BCUT2D eigenvalue weighted by Crippen LogP contribution is -2.28. The van der Waals surface area contributed by atoms with E-state index in [0.29, 0.717) is 0 Å². The van der Waals surface area contributed by atoms with Gasteiger partial charge in [-0.15, -0.1) is 11.8 Å². The molecule has 0 N–H and O–H groups in total. The summed E-state index contributed by atoms with van der Waals surface area (Å²) in [5.74, 6) is -0.200. The quantitative estimate of drug-likeness (QED) is 0.583. The van der Waals surface area contributed by atoms with Gasteiger partial charge in [-0.25, -0.2) is 0 Å². The lowest BCUT2D eigenvalue weighted by molar-refractivity contribution is -0.142. The zero-order valence-corrected chi connectivity index (χ0v) is 10.4. The lowest BCUT2D eigenvalue weighted by Gasteiger charge is -2.20. The first-order chi connectivity index (χ1) is 6.95. The fourth-order valence-corrected chi connectivity index (χ4v) is 2.41. The number of carbonyl (C=O) groups excluding carboxylic acids is 1. The summed E-state index contributed by atoms with van der Waals surface area (Å²) in [7, 11) is 1.42. The molecule has 1 rings (SSSR count). The van der Waals surface area contributed by atoms with Crippen LogP contribution in [0, 0.1) is 6.92 Å². The Bertz CT molecular complexity index is 358. The van der Waals surface area contributed by atoms with Crippen molar-refractivity contribution in [2.75, 3.05) is 7.11 Å². The van der Waals surface area contributed by atoms with Crippen molar-refractivity contribution in [1.82, 2.24) is 0 Å². The van der Waals surface area contributed by atoms with Crippen LogP contribution in [-0.2, 0) is 9.53 Å². The summed E-state index contributed by atoms with van der Waals surface area (Å²) in [6.07, 6.45) is 0. The molecule has 1 aromatic rings. The Morgan fingerprint density at radius 2 is 2.07 bits per heavy atom. The van der Waals surface area contributed by atoms with Gasteiger partial charge in [0, 0.05) is 4.90 Å². The van der Waals surface area contributed by atoms with E-state index in [1.807, 2.05) is 39.0 Å². The highest BCUT2D eigenvalue weighted by atomic mass is 32.2. The van der Waals surface area contributed by atoms with Crippen molar-refractivity contribution >= 4 is 17.7 Å². The highest BCUT2D eigenvalue weighted by molar-refractivity contribution is 8.01. The van der Waals surface area contributed by atoms with Gasteiger partial charge in [-0.2, -0.15) is 0 Å². The minimum Gasteiger partial charge on any atom is -0.468 e. The first-order valence-electron chi connectivity index (χ1n) is 4.80. The van der Waals surface area contributed by atoms with E-state index in [0.717, 1.165) is 4.90 Å². The summed E-state index contributed by atoms with van der Waals surface area (Å²) in [4.78, 5) is 12.6. The third kappa shape index (κ3) is 3.27. The molecule has 2 nitrogen and oxygen atoms in total. The molecule has 0 fully saturated rings. The third-order valence-electron chi connectivity index (χ3n) is 2.04. The molecule has 0 aliphatic carbocycles. The van der Waals surface area contributed by atoms with Crippen LogP contribution < -0.4 is 0 Å². The van der Waals surface area contributed by atoms with Crippen LogP contribution in [0.3, 0.4) is 0 Å². The van der Waals surface area contributed by atoms with Crippen LogP contribution in [0.25, 0.3) is 0 Å². The zero-order valence-electron chi connectivity index (χ0n) is 9.53. The van der Waals surface area contributed by atoms with Gasteiger partial charge in [0.05, 0.1) is 7.11 Å². The van der Waals surface area contributed by atoms with Crippen LogP contribution in [0.1, 0.15) is 19.4 Å². The van der Waals surface area contributed by atoms with Gasteiger partial charge in [-0.05, 0) is 32.9 Å². The summed E-state index contributed by atoms with van der Waals surface area (Å²) in [5.41, 5.74) is 1.20. The normalized spacial score (nSPS) is 11.2. The van der Waals surface area contributed by atoms with Crippen LogP contribution in [0.15, 0.2) is 29.2 Å². The number of hydrogen-bond acceptors (Lipinski definition) is 3. The van der Waals surface area contributed by atoms with E-state index in [2.05, 4.69) is 6.07 Å². The maximum atomic E-state index is 11.5. The zero-order chi connectivity index (χ0) is 11.5. The number of thioether (sulfide) groups is 1. The second-order valence-corrected chi connectivity index (χ2v) is 5.62. The first kappa shape index (κ1) is 12.1. The molecular formula is C12H16O2S. The molecule has 0 saturated heterocycles. The Labute approximate surface area is 95.0 Å². The minimum absolute atomic E-state index is 0.200. The number of benzene rings is 1. The minimum atomic E-state index is -0.539. The average Bonchev–Trinajstić information content (AvgIpc) is 2.15. The molecule has 0 saturated carbocycles. The number of methoxy groups -OCH3 is 1. The summed E-state index contributed by atoms with van der Waals surface area (Å²) in [5, 5.41) is 0. The molecule has 0 unspecified atom stereocenters. The first-order valence-corrected chi connectivity index (χ1v) is 5.61. The van der Waals surface area contributed by atoms with Gasteiger partial charge in [0.2, 0.25) is 0 Å². The molecule has 0 aliphatic rings. The number of ether oxygens (including phenoxy) is 1. The molecule has 0 amide bonds. The lowest BCUT2D eigenvalue weighted by atomic mass is 10.2. The highest BCUT2D eigenvalue weighted by Gasteiger charge is 2.29. The largest absolute Gasteiger partial charge is 0.468 e. The van der Waals surface area contributed by atoms with E-state index in [9.17, 15) is 4.79 Å². The molecule has 3 heteroatoms. The summed E-state index contributed by atoms with van der Waals surface area (Å²) >= 11 is 1.52. The van der Waals surface area contributed by atoms with Crippen LogP contribution in [-0.4, -0.2) is 17.8 Å². The fourth-order valence-electron chi connectivity index (χ4n) is 1.26. The molecule has 0 aromatic heterocycles. The average molecular weight is 224 g/mol. The van der Waals surface area contributed by atoms with Gasteiger partial charge >= 0.3 is 5.97 Å².